The summed E-state index contributed by atoms with van der Waals surface area (Å²) >= 11 is 0. The topological polar surface area (TPSA) is 76.3 Å². The van der Waals surface area contributed by atoms with Gasteiger partial charge in [0.25, 0.3) is 5.91 Å². The lowest BCUT2D eigenvalue weighted by Gasteiger charge is -2.29. The van der Waals surface area contributed by atoms with Crippen molar-refractivity contribution in [2.24, 2.45) is 5.73 Å². The van der Waals surface area contributed by atoms with E-state index in [4.69, 9.17) is 5.73 Å². The third-order valence-electron chi connectivity index (χ3n) is 4.35. The molecule has 0 bridgehead atoms. The maximum absolute atomic E-state index is 13.6. The number of aryl methyl sites for hydroxylation is 2. The number of fused-ring (bicyclic) bond motifs is 1. The number of pyridine rings is 1. The third kappa shape index (κ3) is 2.99. The monoisotopic (exact) mass is 327 g/mol. The molecule has 2 amide bonds. The second-order valence-corrected chi connectivity index (χ2v) is 5.93. The van der Waals surface area contributed by atoms with E-state index in [2.05, 4.69) is 4.98 Å². The fourth-order valence-corrected chi connectivity index (χ4v) is 3.23. The predicted octanol–water partition coefficient (Wildman–Crippen LogP) is 2.14. The van der Waals surface area contributed by atoms with Gasteiger partial charge in [0.05, 0.1) is 11.6 Å². The molecule has 1 heterocycles. The minimum absolute atomic E-state index is 0.214. The first kappa shape index (κ1) is 16.1. The predicted molar refractivity (Wildman–Crippen MR) is 86.7 cm³/mol. The second-order valence-electron chi connectivity index (χ2n) is 5.93. The van der Waals surface area contributed by atoms with E-state index in [1.807, 2.05) is 0 Å². The maximum atomic E-state index is 13.6. The second kappa shape index (κ2) is 6.39. The molecule has 2 aromatic rings. The van der Waals surface area contributed by atoms with Crippen LogP contribution < -0.4 is 5.73 Å². The number of nitrogens with two attached hydrogens (primary N) is 1. The molecule has 0 saturated heterocycles. The van der Waals surface area contributed by atoms with Gasteiger partial charge < -0.3 is 10.6 Å². The molecule has 124 valence electrons. The van der Waals surface area contributed by atoms with E-state index in [0.717, 1.165) is 17.5 Å². The third-order valence-corrected chi connectivity index (χ3v) is 4.35. The van der Waals surface area contributed by atoms with Crippen LogP contribution in [-0.4, -0.2) is 28.2 Å². The Morgan fingerprint density at radius 3 is 2.88 bits per heavy atom. The van der Waals surface area contributed by atoms with Gasteiger partial charge in [-0.2, -0.15) is 0 Å². The van der Waals surface area contributed by atoms with Gasteiger partial charge in [-0.25, -0.2) is 4.39 Å². The van der Waals surface area contributed by atoms with Crippen LogP contribution in [0.25, 0.3) is 0 Å². The fraction of sp³-hybridized carbons (Fsp3) is 0.278. The molecule has 1 aromatic heterocycles. The van der Waals surface area contributed by atoms with Crippen molar-refractivity contribution in [1.29, 1.82) is 0 Å². The molecule has 2 N–H and O–H groups in total. The van der Waals surface area contributed by atoms with Gasteiger partial charge in [-0.1, -0.05) is 6.07 Å². The SMILES string of the molecule is Cc1ncccc1C(=O)N(CC(N)=O)C1CCc2ccc(F)cc21. The molecule has 1 aliphatic rings. The first-order chi connectivity index (χ1) is 11.5. The summed E-state index contributed by atoms with van der Waals surface area (Å²) in [6.45, 7) is 1.52. The van der Waals surface area contributed by atoms with Crippen LogP contribution in [0.3, 0.4) is 0 Å². The van der Waals surface area contributed by atoms with Gasteiger partial charge in [0.2, 0.25) is 5.91 Å². The van der Waals surface area contributed by atoms with Gasteiger partial charge in [0.1, 0.15) is 12.4 Å². The quantitative estimate of drug-likeness (QED) is 0.935. The van der Waals surface area contributed by atoms with Crippen LogP contribution >= 0.6 is 0 Å². The van der Waals surface area contributed by atoms with Crippen molar-refractivity contribution in [1.82, 2.24) is 9.88 Å². The molecule has 3 rings (SSSR count). The van der Waals surface area contributed by atoms with Crippen LogP contribution in [0.1, 0.15) is 39.6 Å². The number of nitrogens with zero attached hydrogens (tertiary/aromatic N) is 2. The lowest BCUT2D eigenvalue weighted by Crippen LogP contribution is -2.40. The number of benzene rings is 1. The highest BCUT2D eigenvalue weighted by Crippen LogP contribution is 2.37. The van der Waals surface area contributed by atoms with Gasteiger partial charge in [-0.15, -0.1) is 0 Å². The van der Waals surface area contributed by atoms with Crippen molar-refractivity contribution in [3.8, 4) is 0 Å². The van der Waals surface area contributed by atoms with Crippen LogP contribution in [0, 0.1) is 12.7 Å². The highest BCUT2D eigenvalue weighted by Gasteiger charge is 2.33. The molecule has 0 radical (unpaired) electrons. The first-order valence-corrected chi connectivity index (χ1v) is 7.76. The highest BCUT2D eigenvalue weighted by molar-refractivity contribution is 5.97. The Morgan fingerprint density at radius 2 is 2.17 bits per heavy atom. The Hall–Kier alpha value is -2.76. The number of carbonyl (C=O) groups excluding carboxylic acids is 2. The molecule has 1 aromatic carbocycles. The van der Waals surface area contributed by atoms with E-state index in [0.29, 0.717) is 17.7 Å². The number of hydrogen-bond donors (Lipinski definition) is 1. The zero-order valence-electron chi connectivity index (χ0n) is 13.3. The maximum Gasteiger partial charge on any atom is 0.256 e. The number of amides is 2. The molecule has 1 aliphatic carbocycles. The Balaban J connectivity index is 2.00. The Kier molecular flexibility index (Phi) is 4.29. The van der Waals surface area contributed by atoms with Crippen molar-refractivity contribution >= 4 is 11.8 Å². The smallest absolute Gasteiger partial charge is 0.256 e. The summed E-state index contributed by atoms with van der Waals surface area (Å²) in [5.74, 6) is -1.28. The molecule has 0 aliphatic heterocycles. The number of halogens is 1. The Morgan fingerprint density at radius 1 is 1.38 bits per heavy atom. The average molecular weight is 327 g/mol. The number of aromatic nitrogens is 1. The van der Waals surface area contributed by atoms with Gasteiger partial charge >= 0.3 is 0 Å². The van der Waals surface area contributed by atoms with Crippen LogP contribution in [0.4, 0.5) is 4.39 Å². The van der Waals surface area contributed by atoms with E-state index in [-0.39, 0.29) is 24.3 Å². The van der Waals surface area contributed by atoms with Crippen molar-refractivity contribution in [2.45, 2.75) is 25.8 Å². The molecule has 1 unspecified atom stereocenters. The van der Waals surface area contributed by atoms with Crippen molar-refractivity contribution < 1.29 is 14.0 Å². The lowest BCUT2D eigenvalue weighted by atomic mass is 10.0. The van der Waals surface area contributed by atoms with Gasteiger partial charge in [-0.3, -0.25) is 14.6 Å². The first-order valence-electron chi connectivity index (χ1n) is 7.76. The fourth-order valence-electron chi connectivity index (χ4n) is 3.23. The van der Waals surface area contributed by atoms with Crippen LogP contribution in [0.2, 0.25) is 0 Å². The lowest BCUT2D eigenvalue weighted by molar-refractivity contribution is -0.119. The normalized spacial score (nSPS) is 15.8. The van der Waals surface area contributed by atoms with E-state index in [9.17, 15) is 14.0 Å². The molecule has 0 spiro atoms. The molecule has 24 heavy (non-hydrogen) atoms. The van der Waals surface area contributed by atoms with Gasteiger partial charge in [0, 0.05) is 11.9 Å². The molecule has 0 saturated carbocycles. The zero-order chi connectivity index (χ0) is 17.3. The zero-order valence-corrected chi connectivity index (χ0v) is 13.3. The number of primary amides is 1. The summed E-state index contributed by atoms with van der Waals surface area (Å²) in [6.07, 6.45) is 2.97. The number of hydrogen-bond acceptors (Lipinski definition) is 3. The largest absolute Gasteiger partial charge is 0.368 e. The number of carbonyl (C=O) groups is 2. The van der Waals surface area contributed by atoms with Crippen molar-refractivity contribution in [2.75, 3.05) is 6.54 Å². The van der Waals surface area contributed by atoms with Crippen molar-refractivity contribution in [3.63, 3.8) is 0 Å². The van der Waals surface area contributed by atoms with Gasteiger partial charge in [0.15, 0.2) is 0 Å². The number of rotatable bonds is 4. The summed E-state index contributed by atoms with van der Waals surface area (Å²) in [6, 6.07) is 7.55. The van der Waals surface area contributed by atoms with Crippen LogP contribution in [0.15, 0.2) is 36.5 Å². The standard InChI is InChI=1S/C18H18FN3O2/c1-11-14(3-2-8-21-11)18(24)22(10-17(20)23)16-7-5-12-4-6-13(19)9-15(12)16/h2-4,6,8-9,16H,5,7,10H2,1H3,(H2,20,23). The Bertz CT molecular complexity index is 807. The molecule has 6 heteroatoms. The molecule has 0 fully saturated rings. The molecular formula is C18H18FN3O2. The molecule has 1 atom stereocenters. The highest BCUT2D eigenvalue weighted by atomic mass is 19.1. The summed E-state index contributed by atoms with van der Waals surface area (Å²) in [7, 11) is 0. The molecular weight excluding hydrogens is 309 g/mol. The van der Waals surface area contributed by atoms with E-state index >= 15 is 0 Å². The minimum atomic E-state index is -0.602. The minimum Gasteiger partial charge on any atom is -0.368 e. The van der Waals surface area contributed by atoms with E-state index in [1.54, 1.807) is 31.3 Å². The van der Waals surface area contributed by atoms with E-state index in [1.165, 1.54) is 17.0 Å². The summed E-state index contributed by atoms with van der Waals surface area (Å²) in [4.78, 5) is 30.0. The van der Waals surface area contributed by atoms with Crippen LogP contribution in [0.5, 0.6) is 0 Å². The van der Waals surface area contributed by atoms with Gasteiger partial charge in [-0.05, 0) is 55.2 Å². The van der Waals surface area contributed by atoms with Crippen LogP contribution in [-0.2, 0) is 11.2 Å². The summed E-state index contributed by atoms with van der Waals surface area (Å²) < 4.78 is 13.6. The molecule has 5 nitrogen and oxygen atoms in total. The Labute approximate surface area is 139 Å². The van der Waals surface area contributed by atoms with E-state index < -0.39 is 5.91 Å². The summed E-state index contributed by atoms with van der Waals surface area (Å²) in [5.41, 5.74) is 8.07. The van der Waals surface area contributed by atoms with Crippen molar-refractivity contribution in [3.05, 3.63) is 64.7 Å². The summed E-state index contributed by atoms with van der Waals surface area (Å²) in [5, 5.41) is 0. The average Bonchev–Trinajstić information content (AvgIpc) is 2.95.